The van der Waals surface area contributed by atoms with Gasteiger partial charge in [0.25, 0.3) is 0 Å². The minimum atomic E-state index is 0.101. The molecule has 0 aliphatic rings. The predicted molar refractivity (Wildman–Crippen MR) is 80.5 cm³/mol. The van der Waals surface area contributed by atoms with Crippen LogP contribution in [-0.2, 0) is 17.3 Å². The molecular formula is C17H24N2. The fourth-order valence-corrected chi connectivity index (χ4v) is 2.38. The summed E-state index contributed by atoms with van der Waals surface area (Å²) >= 11 is 0. The van der Waals surface area contributed by atoms with E-state index in [-0.39, 0.29) is 10.8 Å². The third kappa shape index (κ3) is 3.25. The molecule has 0 bridgehead atoms. The van der Waals surface area contributed by atoms with Crippen LogP contribution in [-0.4, -0.2) is 10.2 Å². The molecule has 0 saturated heterocycles. The van der Waals surface area contributed by atoms with E-state index in [2.05, 4.69) is 69.1 Å². The Hall–Kier alpha value is -1.57. The molecule has 0 amide bonds. The summed E-state index contributed by atoms with van der Waals surface area (Å²) in [6.45, 7) is 11.3. The molecular weight excluding hydrogens is 232 g/mol. The third-order valence-corrected chi connectivity index (χ3v) is 3.72. The van der Waals surface area contributed by atoms with Crippen molar-refractivity contribution in [1.82, 2.24) is 10.2 Å². The first-order valence-electron chi connectivity index (χ1n) is 6.88. The van der Waals surface area contributed by atoms with Crippen molar-refractivity contribution in [3.05, 3.63) is 53.3 Å². The van der Waals surface area contributed by atoms with Gasteiger partial charge < -0.3 is 0 Å². The number of hydrogen-bond donors (Lipinski definition) is 1. The highest BCUT2D eigenvalue weighted by molar-refractivity contribution is 5.31. The van der Waals surface area contributed by atoms with Crippen LogP contribution in [0.25, 0.3) is 0 Å². The summed E-state index contributed by atoms with van der Waals surface area (Å²) in [5.74, 6) is 0. The number of rotatable bonds is 3. The highest BCUT2D eigenvalue weighted by atomic mass is 15.1. The van der Waals surface area contributed by atoms with E-state index in [1.807, 2.05) is 12.4 Å². The summed E-state index contributed by atoms with van der Waals surface area (Å²) in [5.41, 5.74) is 4.35. The summed E-state index contributed by atoms with van der Waals surface area (Å²) < 4.78 is 0. The van der Waals surface area contributed by atoms with Gasteiger partial charge in [0.2, 0.25) is 0 Å². The lowest BCUT2D eigenvalue weighted by molar-refractivity contribution is 0.520. The third-order valence-electron chi connectivity index (χ3n) is 3.72. The zero-order valence-electron chi connectivity index (χ0n) is 12.6. The standard InChI is InChI=1S/C17H24N2/c1-16(2,3)14-8-6-7-13(9-14)10-17(4,5)15-11-18-19-12-15/h6-9,11-12H,10H2,1-5H3,(H,18,19). The molecule has 0 aliphatic carbocycles. The largest absolute Gasteiger partial charge is 0.285 e. The molecule has 0 fully saturated rings. The summed E-state index contributed by atoms with van der Waals surface area (Å²) in [5, 5.41) is 6.97. The van der Waals surface area contributed by atoms with Gasteiger partial charge in [0, 0.05) is 6.20 Å². The van der Waals surface area contributed by atoms with E-state index in [9.17, 15) is 0 Å². The van der Waals surface area contributed by atoms with Crippen LogP contribution in [0.1, 0.15) is 51.3 Å². The highest BCUT2D eigenvalue weighted by Gasteiger charge is 2.23. The van der Waals surface area contributed by atoms with E-state index < -0.39 is 0 Å². The number of nitrogens with one attached hydrogen (secondary N) is 1. The fraction of sp³-hybridized carbons (Fsp3) is 0.471. The molecule has 102 valence electrons. The first-order chi connectivity index (χ1) is 8.79. The molecule has 1 heterocycles. The van der Waals surface area contributed by atoms with Gasteiger partial charge in [-0.05, 0) is 33.9 Å². The van der Waals surface area contributed by atoms with Gasteiger partial charge in [-0.1, -0.05) is 58.9 Å². The van der Waals surface area contributed by atoms with E-state index in [1.54, 1.807) is 0 Å². The van der Waals surface area contributed by atoms with Crippen molar-refractivity contribution in [2.75, 3.05) is 0 Å². The van der Waals surface area contributed by atoms with Gasteiger partial charge in [-0.15, -0.1) is 0 Å². The summed E-state index contributed by atoms with van der Waals surface area (Å²) in [4.78, 5) is 0. The minimum Gasteiger partial charge on any atom is -0.285 e. The van der Waals surface area contributed by atoms with Crippen molar-refractivity contribution in [2.24, 2.45) is 0 Å². The van der Waals surface area contributed by atoms with E-state index in [0.717, 1.165) is 6.42 Å². The van der Waals surface area contributed by atoms with Gasteiger partial charge in [0.05, 0.1) is 6.20 Å². The molecule has 19 heavy (non-hydrogen) atoms. The number of aromatic amines is 1. The Morgan fingerprint density at radius 3 is 2.37 bits per heavy atom. The maximum atomic E-state index is 4.06. The molecule has 0 aliphatic heterocycles. The molecule has 1 aromatic carbocycles. The van der Waals surface area contributed by atoms with Crippen molar-refractivity contribution < 1.29 is 0 Å². The van der Waals surface area contributed by atoms with Crippen LogP contribution >= 0.6 is 0 Å². The van der Waals surface area contributed by atoms with Crippen molar-refractivity contribution in [3.63, 3.8) is 0 Å². The Bertz CT molecular complexity index is 531. The minimum absolute atomic E-state index is 0.101. The lowest BCUT2D eigenvalue weighted by Gasteiger charge is -2.25. The first-order valence-corrected chi connectivity index (χ1v) is 6.88. The Morgan fingerprint density at radius 1 is 1.05 bits per heavy atom. The van der Waals surface area contributed by atoms with Crippen molar-refractivity contribution >= 4 is 0 Å². The van der Waals surface area contributed by atoms with Crippen LogP contribution in [0.4, 0.5) is 0 Å². The second-order valence-corrected chi connectivity index (χ2v) is 7.00. The number of nitrogens with zero attached hydrogens (tertiary/aromatic N) is 1. The molecule has 2 nitrogen and oxygen atoms in total. The van der Waals surface area contributed by atoms with Crippen molar-refractivity contribution in [3.8, 4) is 0 Å². The molecule has 1 N–H and O–H groups in total. The highest BCUT2D eigenvalue weighted by Crippen LogP contribution is 2.29. The average molecular weight is 256 g/mol. The zero-order valence-corrected chi connectivity index (χ0v) is 12.6. The van der Waals surface area contributed by atoms with Crippen LogP contribution in [0.5, 0.6) is 0 Å². The first kappa shape index (κ1) is 13.9. The Balaban J connectivity index is 2.25. The molecule has 0 radical (unpaired) electrons. The lowest BCUT2D eigenvalue weighted by Crippen LogP contribution is -2.20. The number of hydrogen-bond acceptors (Lipinski definition) is 1. The maximum absolute atomic E-state index is 4.06. The second-order valence-electron chi connectivity index (χ2n) is 7.00. The van der Waals surface area contributed by atoms with Crippen LogP contribution in [0, 0.1) is 0 Å². The quantitative estimate of drug-likeness (QED) is 0.874. The lowest BCUT2D eigenvalue weighted by atomic mass is 9.79. The van der Waals surface area contributed by atoms with Crippen LogP contribution in [0.15, 0.2) is 36.7 Å². The molecule has 2 heteroatoms. The molecule has 2 rings (SSSR count). The van der Waals surface area contributed by atoms with Gasteiger partial charge in [-0.2, -0.15) is 5.10 Å². The second kappa shape index (κ2) is 4.84. The average Bonchev–Trinajstić information content (AvgIpc) is 2.81. The van der Waals surface area contributed by atoms with Gasteiger partial charge in [0.15, 0.2) is 0 Å². The zero-order chi connectivity index (χ0) is 14.1. The Kier molecular flexibility index (Phi) is 3.53. The van der Waals surface area contributed by atoms with Gasteiger partial charge in [-0.25, -0.2) is 0 Å². The number of aromatic nitrogens is 2. The van der Waals surface area contributed by atoms with Gasteiger partial charge in [-0.3, -0.25) is 5.10 Å². The van der Waals surface area contributed by atoms with Gasteiger partial charge in [0.1, 0.15) is 0 Å². The number of H-pyrrole nitrogens is 1. The molecule has 2 aromatic rings. The fourth-order valence-electron chi connectivity index (χ4n) is 2.38. The van der Waals surface area contributed by atoms with E-state index in [4.69, 9.17) is 0 Å². The number of benzene rings is 1. The molecule has 0 saturated carbocycles. The van der Waals surface area contributed by atoms with E-state index in [1.165, 1.54) is 16.7 Å². The SMILES string of the molecule is CC(C)(C)c1cccc(CC(C)(C)c2cn[nH]c2)c1. The summed E-state index contributed by atoms with van der Waals surface area (Å²) in [6, 6.07) is 8.94. The molecule has 0 spiro atoms. The van der Waals surface area contributed by atoms with Crippen molar-refractivity contribution in [2.45, 2.75) is 51.9 Å². The van der Waals surface area contributed by atoms with Crippen molar-refractivity contribution in [1.29, 1.82) is 0 Å². The van der Waals surface area contributed by atoms with E-state index >= 15 is 0 Å². The molecule has 1 aromatic heterocycles. The Labute approximate surface area is 116 Å². The monoisotopic (exact) mass is 256 g/mol. The molecule has 0 atom stereocenters. The summed E-state index contributed by atoms with van der Waals surface area (Å²) in [7, 11) is 0. The predicted octanol–water partition coefficient (Wildman–Crippen LogP) is 4.23. The van der Waals surface area contributed by atoms with Gasteiger partial charge >= 0.3 is 0 Å². The van der Waals surface area contributed by atoms with E-state index in [0.29, 0.717) is 0 Å². The smallest absolute Gasteiger partial charge is 0.0524 e. The summed E-state index contributed by atoms with van der Waals surface area (Å²) in [6.07, 6.45) is 4.94. The van der Waals surface area contributed by atoms with Crippen LogP contribution < -0.4 is 0 Å². The maximum Gasteiger partial charge on any atom is 0.0524 e. The van der Waals surface area contributed by atoms with Crippen LogP contribution in [0.2, 0.25) is 0 Å². The topological polar surface area (TPSA) is 28.7 Å². The normalized spacial score (nSPS) is 12.7. The van der Waals surface area contributed by atoms with Crippen LogP contribution in [0.3, 0.4) is 0 Å². The Morgan fingerprint density at radius 2 is 1.79 bits per heavy atom. The molecule has 0 unspecified atom stereocenters.